The number of rotatable bonds is 15. The summed E-state index contributed by atoms with van der Waals surface area (Å²) < 4.78 is 14.4. The fourth-order valence-electron chi connectivity index (χ4n) is 7.70. The first kappa shape index (κ1) is 35.4. The molecule has 3 amide bonds. The van der Waals surface area contributed by atoms with Crippen molar-refractivity contribution in [1.82, 2.24) is 30.1 Å². The van der Waals surface area contributed by atoms with Crippen molar-refractivity contribution in [3.05, 3.63) is 85.5 Å². The molecule has 2 aromatic carbocycles. The predicted molar refractivity (Wildman–Crippen MR) is 186 cm³/mol. The number of aromatic nitrogens is 3. The van der Waals surface area contributed by atoms with Crippen LogP contribution in [0.25, 0.3) is 11.0 Å². The number of hydrogen-bond acceptors (Lipinski definition) is 9. The number of alkyl halides is 1. The Bertz CT molecular complexity index is 1770. The van der Waals surface area contributed by atoms with Crippen molar-refractivity contribution in [1.29, 1.82) is 0 Å². The molecule has 3 aliphatic heterocycles. The van der Waals surface area contributed by atoms with Gasteiger partial charge in [-0.2, -0.15) is 0 Å². The van der Waals surface area contributed by atoms with E-state index in [2.05, 4.69) is 44.7 Å². The number of ether oxygens (including phenoxy) is 2. The second-order valence-electron chi connectivity index (χ2n) is 12.9. The number of benzene rings is 2. The molecule has 0 aliphatic carbocycles. The summed E-state index contributed by atoms with van der Waals surface area (Å²) in [5, 5.41) is 21.4. The molecule has 3 aromatic rings. The van der Waals surface area contributed by atoms with E-state index < -0.39 is 66.1 Å². The molecule has 2 N–H and O–H groups in total. The van der Waals surface area contributed by atoms with E-state index in [-0.39, 0.29) is 43.3 Å². The lowest BCUT2D eigenvalue weighted by Crippen LogP contribution is -2.57. The Kier molecular flexibility index (Phi) is 10.5. The summed E-state index contributed by atoms with van der Waals surface area (Å²) in [5.41, 5.74) is 0.680. The summed E-state index contributed by atoms with van der Waals surface area (Å²) >= 11 is 3.69. The smallest absolute Gasteiger partial charge is 0.313 e. The molecule has 1 unspecified atom stereocenters. The molecule has 0 saturated carbocycles. The van der Waals surface area contributed by atoms with E-state index in [0.29, 0.717) is 17.5 Å². The third kappa shape index (κ3) is 6.35. The van der Waals surface area contributed by atoms with E-state index in [4.69, 9.17) is 9.47 Å². The van der Waals surface area contributed by atoms with Gasteiger partial charge in [0.05, 0.1) is 36.1 Å². The lowest BCUT2D eigenvalue weighted by Gasteiger charge is -2.37. The van der Waals surface area contributed by atoms with Gasteiger partial charge in [0.1, 0.15) is 29.9 Å². The molecule has 13 nitrogen and oxygen atoms in total. The number of aliphatic hydroxyl groups excluding tert-OH is 1. The van der Waals surface area contributed by atoms with Crippen LogP contribution in [0.3, 0.4) is 0 Å². The van der Waals surface area contributed by atoms with Crippen LogP contribution in [0, 0.1) is 11.8 Å². The molecule has 1 aromatic heterocycles. The van der Waals surface area contributed by atoms with E-state index in [1.54, 1.807) is 35.9 Å². The van der Waals surface area contributed by atoms with Crippen molar-refractivity contribution < 1.29 is 33.8 Å². The summed E-state index contributed by atoms with van der Waals surface area (Å²) in [7, 11) is 0. The quantitative estimate of drug-likeness (QED) is 0.136. The monoisotopic (exact) mass is 748 g/mol. The van der Waals surface area contributed by atoms with Crippen LogP contribution in [-0.4, -0.2) is 102 Å². The minimum atomic E-state index is -1.37. The Hall–Kier alpha value is -4.40. The molecule has 4 heterocycles. The molecule has 1 spiro atoms. The number of nitrogens with one attached hydrogen (secondary N) is 1. The van der Waals surface area contributed by atoms with Crippen molar-refractivity contribution in [3.63, 3.8) is 0 Å². The highest BCUT2D eigenvalue weighted by Crippen LogP contribution is 2.60. The number of carbonyl (C=O) groups is 4. The molecular formula is C36H41BrN6O7. The van der Waals surface area contributed by atoms with Gasteiger partial charge in [-0.15, -0.1) is 18.3 Å². The average molecular weight is 750 g/mol. The van der Waals surface area contributed by atoms with Gasteiger partial charge in [0, 0.05) is 24.3 Å². The van der Waals surface area contributed by atoms with Gasteiger partial charge in [0.25, 0.3) is 0 Å². The van der Waals surface area contributed by atoms with Crippen LogP contribution >= 0.6 is 15.9 Å². The second kappa shape index (κ2) is 14.8. The number of para-hydroxylation sites is 1. The highest BCUT2D eigenvalue weighted by atomic mass is 79.9. The number of esters is 1. The van der Waals surface area contributed by atoms with Crippen LogP contribution in [0.2, 0.25) is 0 Å². The number of hydrogen-bond donors (Lipinski definition) is 2. The zero-order valence-electron chi connectivity index (χ0n) is 27.8. The normalized spacial score (nSPS) is 26.3. The Labute approximate surface area is 298 Å². The number of β-amino-alcohol motifs (C(OH)–C–C–N with tert-alkyl or cyclic N) is 1. The van der Waals surface area contributed by atoms with Crippen molar-refractivity contribution in [3.8, 4) is 0 Å². The Morgan fingerprint density at radius 2 is 1.92 bits per heavy atom. The molecule has 3 fully saturated rings. The number of allylic oxidation sites excluding steroid dienone is 1. The van der Waals surface area contributed by atoms with Crippen LogP contribution in [0.5, 0.6) is 0 Å². The van der Waals surface area contributed by atoms with Crippen molar-refractivity contribution in [2.45, 2.75) is 67.6 Å². The number of halogens is 1. The van der Waals surface area contributed by atoms with Crippen LogP contribution in [-0.2, 0) is 35.3 Å². The third-order valence-electron chi connectivity index (χ3n) is 9.81. The standard InChI is InChI=1S/C36H41BrN6O7/c1-4-6-16-27(45)38-22(3)30(23-12-8-7-9-13-23)49-35(48)28-29-33(46)42(18-19-44)32(36(29)20-24(37)31(28)50-36)34(47)41(17-5-2)21-43-26-15-11-10-14-25(26)39-40-43/h4-5,7-15,22,24,28-32,44H,1-2,6,16-21H2,3H3,(H,38,45)/t22-,24?,28-,29+,30-,31-,32-,36+/m0/s1. The molecule has 264 valence electrons. The minimum Gasteiger partial charge on any atom is -0.455 e. The van der Waals surface area contributed by atoms with E-state index in [1.165, 1.54) is 9.80 Å². The maximum atomic E-state index is 14.7. The molecule has 8 atom stereocenters. The van der Waals surface area contributed by atoms with Gasteiger partial charge < -0.3 is 29.7 Å². The number of nitrogens with zero attached hydrogens (tertiary/aromatic N) is 5. The van der Waals surface area contributed by atoms with Gasteiger partial charge >= 0.3 is 5.97 Å². The number of fused-ring (bicyclic) bond motifs is 2. The number of likely N-dealkylation sites (tertiary alicyclic amines) is 1. The summed E-state index contributed by atoms with van der Waals surface area (Å²) in [6.07, 6.45) is 2.62. The first-order chi connectivity index (χ1) is 24.1. The Morgan fingerprint density at radius 3 is 2.64 bits per heavy atom. The number of aliphatic hydroxyl groups is 1. The van der Waals surface area contributed by atoms with Crippen LogP contribution in [0.1, 0.15) is 37.9 Å². The maximum absolute atomic E-state index is 14.7. The van der Waals surface area contributed by atoms with E-state index in [9.17, 15) is 24.3 Å². The van der Waals surface area contributed by atoms with Gasteiger partial charge in [0.15, 0.2) is 0 Å². The zero-order valence-corrected chi connectivity index (χ0v) is 29.4. The third-order valence-corrected chi connectivity index (χ3v) is 10.7. The molecule has 6 rings (SSSR count). The van der Waals surface area contributed by atoms with Gasteiger partial charge in [-0.05, 0) is 37.5 Å². The van der Waals surface area contributed by atoms with Crippen molar-refractivity contribution in [2.75, 3.05) is 19.7 Å². The van der Waals surface area contributed by atoms with Crippen LogP contribution < -0.4 is 5.32 Å². The van der Waals surface area contributed by atoms with Gasteiger partial charge in [-0.1, -0.05) is 75.8 Å². The highest BCUT2D eigenvalue weighted by Gasteiger charge is 2.77. The molecule has 2 bridgehead atoms. The Morgan fingerprint density at radius 1 is 1.18 bits per heavy atom. The molecule has 14 heteroatoms. The van der Waals surface area contributed by atoms with Crippen molar-refractivity contribution >= 4 is 50.7 Å². The lowest BCUT2D eigenvalue weighted by molar-refractivity contribution is -0.162. The summed E-state index contributed by atoms with van der Waals surface area (Å²) in [6.45, 7) is 8.88. The number of carbonyl (C=O) groups excluding carboxylic acids is 4. The average Bonchev–Trinajstić information content (AvgIpc) is 3.83. The first-order valence-corrected chi connectivity index (χ1v) is 17.6. The largest absolute Gasteiger partial charge is 0.455 e. The molecule has 3 aliphatic rings. The summed E-state index contributed by atoms with van der Waals surface area (Å²) in [4.78, 5) is 58.4. The zero-order chi connectivity index (χ0) is 35.6. The van der Waals surface area contributed by atoms with Crippen LogP contribution in [0.15, 0.2) is 79.9 Å². The molecule has 50 heavy (non-hydrogen) atoms. The lowest BCUT2D eigenvalue weighted by atomic mass is 9.70. The molecule has 3 saturated heterocycles. The fraction of sp³-hybridized carbons (Fsp3) is 0.444. The fourth-order valence-corrected chi connectivity index (χ4v) is 8.64. The maximum Gasteiger partial charge on any atom is 0.313 e. The molecule has 0 radical (unpaired) electrons. The van der Waals surface area contributed by atoms with E-state index >= 15 is 0 Å². The second-order valence-corrected chi connectivity index (χ2v) is 14.1. The predicted octanol–water partition coefficient (Wildman–Crippen LogP) is 2.90. The SMILES string of the molecule is C=CCCC(=O)N[C@@H](C)[C@H](OC(=O)[C@@H]1[C@H]2O[C@@]3(CC2Br)[C@H](C(=O)N(CC=C)Cn2nnc4ccccc42)N(CCO)C(=O)[C@@H]13)c1ccccc1. The highest BCUT2D eigenvalue weighted by molar-refractivity contribution is 9.09. The van der Waals surface area contributed by atoms with Crippen LogP contribution in [0.4, 0.5) is 0 Å². The number of amides is 3. The van der Waals surface area contributed by atoms with E-state index in [0.717, 1.165) is 5.52 Å². The molecular weight excluding hydrogens is 708 g/mol. The van der Waals surface area contributed by atoms with Crippen molar-refractivity contribution in [2.24, 2.45) is 11.8 Å². The van der Waals surface area contributed by atoms with Gasteiger partial charge in [-0.3, -0.25) is 19.2 Å². The first-order valence-electron chi connectivity index (χ1n) is 16.7. The topological polar surface area (TPSA) is 156 Å². The summed E-state index contributed by atoms with van der Waals surface area (Å²) in [5.74, 6) is -3.88. The Balaban J connectivity index is 1.31. The summed E-state index contributed by atoms with van der Waals surface area (Å²) in [6, 6.07) is 14.7. The van der Waals surface area contributed by atoms with E-state index in [1.807, 2.05) is 42.5 Å². The minimum absolute atomic E-state index is 0.0194. The van der Waals surface area contributed by atoms with Gasteiger partial charge in [0.2, 0.25) is 17.7 Å². The van der Waals surface area contributed by atoms with Gasteiger partial charge in [-0.25, -0.2) is 4.68 Å².